The second-order valence-electron chi connectivity index (χ2n) is 6.02. The van der Waals surface area contributed by atoms with Crippen molar-refractivity contribution in [3.63, 3.8) is 0 Å². The average molecular weight is 327 g/mol. The van der Waals surface area contributed by atoms with Gasteiger partial charge in [0.1, 0.15) is 5.75 Å². The Kier molecular flexibility index (Phi) is 4.91. The molecule has 106 valence electrons. The van der Waals surface area contributed by atoms with Crippen LogP contribution in [0.25, 0.3) is 0 Å². The molecule has 2 rings (SSSR count). The Hall–Kier alpha value is -0.540. The Morgan fingerprint density at radius 3 is 2.42 bits per heavy atom. The van der Waals surface area contributed by atoms with E-state index in [4.69, 9.17) is 4.74 Å². The minimum atomic E-state index is -0.508. The van der Waals surface area contributed by atoms with Crippen molar-refractivity contribution in [3.8, 4) is 5.75 Å². The predicted octanol–water partition coefficient (Wildman–Crippen LogP) is 4.71. The van der Waals surface area contributed by atoms with Crippen LogP contribution in [0.2, 0.25) is 0 Å². The average Bonchev–Trinajstić information content (AvgIpc) is 2.30. The van der Waals surface area contributed by atoms with E-state index in [1.807, 2.05) is 18.2 Å². The molecule has 2 unspecified atom stereocenters. The first kappa shape index (κ1) is 14.9. The lowest BCUT2D eigenvalue weighted by atomic mass is 9.82. The fourth-order valence-corrected chi connectivity index (χ4v) is 3.48. The summed E-state index contributed by atoms with van der Waals surface area (Å²) in [7, 11) is 0. The monoisotopic (exact) mass is 326 g/mol. The zero-order chi connectivity index (χ0) is 14.0. The van der Waals surface area contributed by atoms with Crippen molar-refractivity contribution < 1.29 is 9.84 Å². The number of halogens is 1. The summed E-state index contributed by atoms with van der Waals surface area (Å²) in [5.74, 6) is 2.27. The molecule has 1 aromatic carbocycles. The van der Waals surface area contributed by atoms with Gasteiger partial charge < -0.3 is 9.84 Å². The van der Waals surface area contributed by atoms with E-state index in [1.165, 1.54) is 6.42 Å². The molecule has 0 aliphatic heterocycles. The first-order valence-corrected chi connectivity index (χ1v) is 7.89. The van der Waals surface area contributed by atoms with Crippen LogP contribution in [0.3, 0.4) is 0 Å². The summed E-state index contributed by atoms with van der Waals surface area (Å²) in [5, 5.41) is 9.86. The van der Waals surface area contributed by atoms with Gasteiger partial charge in [-0.25, -0.2) is 0 Å². The molecule has 0 bridgehead atoms. The lowest BCUT2D eigenvalue weighted by molar-refractivity contribution is 0.0959. The fourth-order valence-electron chi connectivity index (χ4n) is 3.10. The minimum absolute atomic E-state index is 0.275. The first-order valence-electron chi connectivity index (χ1n) is 7.10. The van der Waals surface area contributed by atoms with Gasteiger partial charge in [0.05, 0.1) is 12.2 Å². The van der Waals surface area contributed by atoms with E-state index < -0.39 is 6.10 Å². The third-order valence-corrected chi connectivity index (χ3v) is 4.34. The van der Waals surface area contributed by atoms with Crippen molar-refractivity contribution >= 4 is 15.9 Å². The maximum atomic E-state index is 9.86. The van der Waals surface area contributed by atoms with Gasteiger partial charge in [-0.15, -0.1) is 0 Å². The predicted molar refractivity (Wildman–Crippen MR) is 81.4 cm³/mol. The van der Waals surface area contributed by atoms with E-state index in [-0.39, 0.29) is 6.10 Å². The third kappa shape index (κ3) is 3.96. The standard InChI is InChI=1S/C16H23BrO2/c1-10-6-11(2)8-14(7-10)19-16-5-4-13(17)9-15(16)12(3)18/h4-5,9-12,14,18H,6-8H2,1-3H3/t10?,11?,12-,14?/m1/s1. The second kappa shape index (κ2) is 6.27. The lowest BCUT2D eigenvalue weighted by Gasteiger charge is -2.32. The van der Waals surface area contributed by atoms with Crippen LogP contribution in [0.4, 0.5) is 0 Å². The number of hydrogen-bond donors (Lipinski definition) is 1. The van der Waals surface area contributed by atoms with Gasteiger partial charge >= 0.3 is 0 Å². The summed E-state index contributed by atoms with van der Waals surface area (Å²) in [4.78, 5) is 0. The molecule has 19 heavy (non-hydrogen) atoms. The van der Waals surface area contributed by atoms with Crippen molar-refractivity contribution in [1.29, 1.82) is 0 Å². The highest BCUT2D eigenvalue weighted by Gasteiger charge is 2.26. The molecule has 1 fully saturated rings. The van der Waals surface area contributed by atoms with E-state index in [1.54, 1.807) is 6.92 Å². The molecule has 0 spiro atoms. The van der Waals surface area contributed by atoms with Gasteiger partial charge in [-0.1, -0.05) is 29.8 Å². The Balaban J connectivity index is 2.14. The van der Waals surface area contributed by atoms with Crippen LogP contribution in [0.1, 0.15) is 51.7 Å². The van der Waals surface area contributed by atoms with Crippen LogP contribution in [-0.4, -0.2) is 11.2 Å². The van der Waals surface area contributed by atoms with E-state index in [0.717, 1.165) is 40.5 Å². The van der Waals surface area contributed by atoms with Crippen molar-refractivity contribution in [1.82, 2.24) is 0 Å². The minimum Gasteiger partial charge on any atom is -0.490 e. The highest BCUT2D eigenvalue weighted by Crippen LogP contribution is 2.34. The fraction of sp³-hybridized carbons (Fsp3) is 0.625. The Morgan fingerprint density at radius 1 is 1.21 bits per heavy atom. The van der Waals surface area contributed by atoms with Gasteiger partial charge in [0.15, 0.2) is 0 Å². The molecular formula is C16H23BrO2. The zero-order valence-corrected chi connectivity index (χ0v) is 13.5. The molecule has 2 nitrogen and oxygen atoms in total. The van der Waals surface area contributed by atoms with Crippen LogP contribution >= 0.6 is 15.9 Å². The maximum Gasteiger partial charge on any atom is 0.125 e. The Bertz CT molecular complexity index is 421. The van der Waals surface area contributed by atoms with Crippen LogP contribution in [0.15, 0.2) is 22.7 Å². The summed E-state index contributed by atoms with van der Waals surface area (Å²) in [6.45, 7) is 6.37. The van der Waals surface area contributed by atoms with Gasteiger partial charge in [-0.3, -0.25) is 0 Å². The third-order valence-electron chi connectivity index (χ3n) is 3.85. The number of hydrogen-bond acceptors (Lipinski definition) is 2. The molecule has 1 aromatic rings. The summed E-state index contributed by atoms with van der Waals surface area (Å²) in [5.41, 5.74) is 0.861. The molecule has 1 aliphatic rings. The number of aliphatic hydroxyl groups excluding tert-OH is 1. The molecule has 0 saturated heterocycles. The number of ether oxygens (including phenoxy) is 1. The quantitative estimate of drug-likeness (QED) is 0.871. The maximum absolute atomic E-state index is 9.86. The highest BCUT2D eigenvalue weighted by molar-refractivity contribution is 9.10. The molecule has 1 aliphatic carbocycles. The molecule has 3 atom stereocenters. The first-order chi connectivity index (χ1) is 8.95. The SMILES string of the molecule is CC1CC(C)CC(Oc2ccc(Br)cc2[C@@H](C)O)C1. The van der Waals surface area contributed by atoms with Gasteiger partial charge in [0.2, 0.25) is 0 Å². The van der Waals surface area contributed by atoms with Crippen LogP contribution in [-0.2, 0) is 0 Å². The highest BCUT2D eigenvalue weighted by atomic mass is 79.9. The molecule has 0 radical (unpaired) electrons. The van der Waals surface area contributed by atoms with Crippen LogP contribution in [0.5, 0.6) is 5.75 Å². The molecule has 3 heteroatoms. The van der Waals surface area contributed by atoms with Crippen LogP contribution < -0.4 is 4.74 Å². The number of rotatable bonds is 3. The summed E-state index contributed by atoms with van der Waals surface area (Å²) < 4.78 is 7.14. The molecule has 1 N–H and O–H groups in total. The van der Waals surface area contributed by atoms with Gasteiger partial charge in [0.25, 0.3) is 0 Å². The molecule has 0 heterocycles. The second-order valence-corrected chi connectivity index (χ2v) is 6.93. The van der Waals surface area contributed by atoms with E-state index >= 15 is 0 Å². The molecule has 0 aromatic heterocycles. The molecule has 1 saturated carbocycles. The van der Waals surface area contributed by atoms with Crippen LogP contribution in [0, 0.1) is 11.8 Å². The van der Waals surface area contributed by atoms with Crippen molar-refractivity contribution in [2.45, 2.75) is 52.2 Å². The molecule has 0 amide bonds. The van der Waals surface area contributed by atoms with Crippen molar-refractivity contribution in [2.75, 3.05) is 0 Å². The summed E-state index contributed by atoms with van der Waals surface area (Å²) in [6.07, 6.45) is 3.28. The Labute approximate surface area is 124 Å². The summed E-state index contributed by atoms with van der Waals surface area (Å²) in [6, 6.07) is 5.86. The normalized spacial score (nSPS) is 29.0. The lowest BCUT2D eigenvalue weighted by Crippen LogP contribution is -2.28. The van der Waals surface area contributed by atoms with E-state index in [2.05, 4.69) is 29.8 Å². The van der Waals surface area contributed by atoms with Gasteiger partial charge in [-0.05, 0) is 56.2 Å². The van der Waals surface area contributed by atoms with Crippen molar-refractivity contribution in [2.24, 2.45) is 11.8 Å². The molecular weight excluding hydrogens is 304 g/mol. The zero-order valence-electron chi connectivity index (χ0n) is 11.9. The number of benzene rings is 1. The largest absolute Gasteiger partial charge is 0.490 e. The Morgan fingerprint density at radius 2 is 1.84 bits per heavy atom. The smallest absolute Gasteiger partial charge is 0.125 e. The van der Waals surface area contributed by atoms with Gasteiger partial charge in [0, 0.05) is 10.0 Å². The van der Waals surface area contributed by atoms with E-state index in [0.29, 0.717) is 0 Å². The summed E-state index contributed by atoms with van der Waals surface area (Å²) >= 11 is 3.44. The topological polar surface area (TPSA) is 29.5 Å². The van der Waals surface area contributed by atoms with Crippen molar-refractivity contribution in [3.05, 3.63) is 28.2 Å². The van der Waals surface area contributed by atoms with Gasteiger partial charge in [-0.2, -0.15) is 0 Å². The van der Waals surface area contributed by atoms with E-state index in [9.17, 15) is 5.11 Å². The number of aliphatic hydroxyl groups is 1.